The number of thiophene rings is 1. The number of hydrogen-bond donors (Lipinski definition) is 1. The Morgan fingerprint density at radius 3 is 2.93 bits per heavy atom. The smallest absolute Gasteiger partial charge is 0.0916 e. The minimum absolute atomic E-state index is 0.102. The summed E-state index contributed by atoms with van der Waals surface area (Å²) in [5.74, 6) is 0. The maximum absolute atomic E-state index is 8.67. The van der Waals surface area contributed by atoms with E-state index in [9.17, 15) is 0 Å². The zero-order valence-corrected chi connectivity index (χ0v) is 9.37. The van der Waals surface area contributed by atoms with E-state index in [1.165, 1.54) is 9.88 Å². The van der Waals surface area contributed by atoms with Crippen LogP contribution in [-0.2, 0) is 4.74 Å². The second kappa shape index (κ2) is 5.30. The van der Waals surface area contributed by atoms with Gasteiger partial charge in [0, 0.05) is 18.0 Å². The van der Waals surface area contributed by atoms with Crippen molar-refractivity contribution in [2.75, 3.05) is 37.8 Å². The number of ether oxygens (including phenoxy) is 1. The Labute approximate surface area is 93.6 Å². The first-order valence-electron chi connectivity index (χ1n) is 5.10. The van der Waals surface area contributed by atoms with Crippen LogP contribution in [0.2, 0.25) is 0 Å². The third-order valence-electron chi connectivity index (χ3n) is 2.32. The number of aliphatic hydroxyl groups is 1. The molecule has 4 heteroatoms. The third-order valence-corrected chi connectivity index (χ3v) is 3.43. The predicted octanol–water partition coefficient (Wildman–Crippen LogP) is 1.59. The third kappa shape index (κ3) is 2.81. The number of hydrogen-bond acceptors (Lipinski definition) is 4. The van der Waals surface area contributed by atoms with Gasteiger partial charge in [0.15, 0.2) is 0 Å². The molecule has 1 aliphatic heterocycles. The fourth-order valence-electron chi connectivity index (χ4n) is 1.55. The van der Waals surface area contributed by atoms with Crippen molar-refractivity contribution in [2.45, 2.75) is 0 Å². The lowest BCUT2D eigenvalue weighted by atomic mass is 10.4. The van der Waals surface area contributed by atoms with Crippen LogP contribution in [0.1, 0.15) is 4.88 Å². The molecule has 0 saturated carbocycles. The van der Waals surface area contributed by atoms with E-state index < -0.39 is 0 Å². The summed E-state index contributed by atoms with van der Waals surface area (Å²) >= 11 is 1.75. The Morgan fingerprint density at radius 2 is 2.20 bits per heavy atom. The average Bonchev–Trinajstić information content (AvgIpc) is 2.76. The van der Waals surface area contributed by atoms with Crippen LogP contribution in [0.4, 0.5) is 5.00 Å². The lowest BCUT2D eigenvalue weighted by Crippen LogP contribution is -2.35. The lowest BCUT2D eigenvalue weighted by molar-refractivity contribution is 0.123. The maximum Gasteiger partial charge on any atom is 0.0916 e. The first kappa shape index (κ1) is 10.7. The molecule has 0 spiro atoms. The van der Waals surface area contributed by atoms with E-state index in [0.717, 1.165) is 26.3 Å². The van der Waals surface area contributed by atoms with Gasteiger partial charge in [-0.1, -0.05) is 6.08 Å². The largest absolute Gasteiger partial charge is 0.392 e. The van der Waals surface area contributed by atoms with Crippen LogP contribution in [0.15, 0.2) is 18.2 Å². The molecular formula is C11H15NO2S. The molecule has 1 aromatic heterocycles. The van der Waals surface area contributed by atoms with Crippen molar-refractivity contribution < 1.29 is 9.84 Å². The molecule has 2 rings (SSSR count). The Hall–Kier alpha value is -0.840. The van der Waals surface area contributed by atoms with Gasteiger partial charge in [-0.05, 0) is 18.2 Å². The Morgan fingerprint density at radius 1 is 1.40 bits per heavy atom. The molecule has 0 amide bonds. The zero-order chi connectivity index (χ0) is 10.5. The van der Waals surface area contributed by atoms with Gasteiger partial charge in [-0.15, -0.1) is 11.3 Å². The molecule has 0 bridgehead atoms. The molecule has 1 N–H and O–H groups in total. The highest BCUT2D eigenvalue weighted by atomic mass is 32.1. The van der Waals surface area contributed by atoms with E-state index in [1.807, 2.05) is 6.08 Å². The summed E-state index contributed by atoms with van der Waals surface area (Å²) in [6, 6.07) is 4.22. The molecule has 0 radical (unpaired) electrons. The molecule has 1 fully saturated rings. The molecule has 0 atom stereocenters. The summed E-state index contributed by atoms with van der Waals surface area (Å²) in [7, 11) is 0. The molecule has 3 nitrogen and oxygen atoms in total. The van der Waals surface area contributed by atoms with Crippen LogP contribution < -0.4 is 4.90 Å². The quantitative estimate of drug-likeness (QED) is 0.848. The molecule has 0 unspecified atom stereocenters. The van der Waals surface area contributed by atoms with Crippen molar-refractivity contribution in [1.29, 1.82) is 0 Å². The summed E-state index contributed by atoms with van der Waals surface area (Å²) in [6.45, 7) is 3.69. The molecule has 0 aromatic carbocycles. The number of nitrogens with zero attached hydrogens (tertiary/aromatic N) is 1. The molecule has 82 valence electrons. The van der Waals surface area contributed by atoms with Crippen LogP contribution in [0.3, 0.4) is 0 Å². The zero-order valence-electron chi connectivity index (χ0n) is 8.56. The van der Waals surface area contributed by atoms with E-state index in [4.69, 9.17) is 9.84 Å². The number of rotatable bonds is 3. The highest BCUT2D eigenvalue weighted by molar-refractivity contribution is 7.16. The summed E-state index contributed by atoms with van der Waals surface area (Å²) in [4.78, 5) is 3.52. The van der Waals surface area contributed by atoms with Crippen LogP contribution in [-0.4, -0.2) is 38.0 Å². The molecule has 1 aliphatic rings. The second-order valence-electron chi connectivity index (χ2n) is 3.36. The first-order chi connectivity index (χ1) is 7.40. The topological polar surface area (TPSA) is 32.7 Å². The van der Waals surface area contributed by atoms with Crippen molar-refractivity contribution in [3.63, 3.8) is 0 Å². The van der Waals surface area contributed by atoms with Crippen molar-refractivity contribution in [3.8, 4) is 0 Å². The molecule has 1 saturated heterocycles. The number of anilines is 1. The Bertz CT molecular complexity index is 329. The number of aliphatic hydroxyl groups excluding tert-OH is 1. The first-order valence-corrected chi connectivity index (χ1v) is 5.92. The van der Waals surface area contributed by atoms with E-state index in [1.54, 1.807) is 17.4 Å². The van der Waals surface area contributed by atoms with Crippen molar-refractivity contribution in [2.24, 2.45) is 0 Å². The minimum atomic E-state index is 0.102. The van der Waals surface area contributed by atoms with Gasteiger partial charge in [0.25, 0.3) is 0 Å². The Balaban J connectivity index is 2.02. The predicted molar refractivity (Wildman–Crippen MR) is 63.5 cm³/mol. The van der Waals surface area contributed by atoms with Gasteiger partial charge in [0.1, 0.15) is 0 Å². The molecule has 1 aromatic rings. The summed E-state index contributed by atoms with van der Waals surface area (Å²) in [5, 5.41) is 9.96. The highest BCUT2D eigenvalue weighted by Gasteiger charge is 2.12. The van der Waals surface area contributed by atoms with Gasteiger partial charge in [-0.2, -0.15) is 0 Å². The molecule has 15 heavy (non-hydrogen) atoms. The summed E-state index contributed by atoms with van der Waals surface area (Å²) < 4.78 is 5.31. The van der Waals surface area contributed by atoms with E-state index in [-0.39, 0.29) is 6.61 Å². The lowest BCUT2D eigenvalue weighted by Gasteiger charge is -2.27. The van der Waals surface area contributed by atoms with E-state index >= 15 is 0 Å². The van der Waals surface area contributed by atoms with Gasteiger partial charge in [0.05, 0.1) is 24.8 Å². The molecule has 2 heterocycles. The Kier molecular flexibility index (Phi) is 3.77. The van der Waals surface area contributed by atoms with E-state index in [2.05, 4.69) is 17.0 Å². The standard InChI is InChI=1S/C11H15NO2S/c13-7-1-2-10-3-4-11(15-10)12-5-8-14-9-6-12/h1-4,13H,5-9H2. The fourth-order valence-corrected chi connectivity index (χ4v) is 2.54. The van der Waals surface area contributed by atoms with Gasteiger partial charge < -0.3 is 14.7 Å². The van der Waals surface area contributed by atoms with Crippen LogP contribution in [0, 0.1) is 0 Å². The molecule has 0 aliphatic carbocycles. The summed E-state index contributed by atoms with van der Waals surface area (Å²) in [5.41, 5.74) is 0. The average molecular weight is 225 g/mol. The van der Waals surface area contributed by atoms with Crippen LogP contribution in [0.25, 0.3) is 6.08 Å². The van der Waals surface area contributed by atoms with Gasteiger partial charge >= 0.3 is 0 Å². The summed E-state index contributed by atoms with van der Waals surface area (Å²) in [6.07, 6.45) is 3.71. The normalized spacial score (nSPS) is 17.5. The van der Waals surface area contributed by atoms with Crippen LogP contribution in [0.5, 0.6) is 0 Å². The minimum Gasteiger partial charge on any atom is -0.392 e. The maximum atomic E-state index is 8.67. The van der Waals surface area contributed by atoms with Crippen molar-refractivity contribution in [3.05, 3.63) is 23.1 Å². The number of morpholine rings is 1. The van der Waals surface area contributed by atoms with Crippen molar-refractivity contribution >= 4 is 22.4 Å². The SMILES string of the molecule is OCC=Cc1ccc(N2CCOCC2)s1. The van der Waals surface area contributed by atoms with Gasteiger partial charge in [-0.25, -0.2) is 0 Å². The monoisotopic (exact) mass is 225 g/mol. The van der Waals surface area contributed by atoms with E-state index in [0.29, 0.717) is 0 Å². The van der Waals surface area contributed by atoms with Crippen molar-refractivity contribution in [1.82, 2.24) is 0 Å². The molecular weight excluding hydrogens is 210 g/mol. The fraction of sp³-hybridized carbons (Fsp3) is 0.455. The highest BCUT2D eigenvalue weighted by Crippen LogP contribution is 2.27. The second-order valence-corrected chi connectivity index (χ2v) is 4.45. The van der Waals surface area contributed by atoms with Gasteiger partial charge in [-0.3, -0.25) is 0 Å². The van der Waals surface area contributed by atoms with Gasteiger partial charge in [0.2, 0.25) is 0 Å². The van der Waals surface area contributed by atoms with Crippen LogP contribution >= 0.6 is 11.3 Å².